The van der Waals surface area contributed by atoms with Gasteiger partial charge in [0.15, 0.2) is 0 Å². The fourth-order valence-corrected chi connectivity index (χ4v) is 2.95. The lowest BCUT2D eigenvalue weighted by atomic mass is 9.85. The van der Waals surface area contributed by atoms with Gasteiger partial charge in [-0.15, -0.1) is 0 Å². The summed E-state index contributed by atoms with van der Waals surface area (Å²) in [5.74, 6) is 0.813. The van der Waals surface area contributed by atoms with Crippen LogP contribution in [-0.2, 0) is 6.54 Å². The van der Waals surface area contributed by atoms with Crippen LogP contribution in [0.15, 0.2) is 12.1 Å². The van der Waals surface area contributed by atoms with Crippen molar-refractivity contribution in [3.8, 4) is 5.75 Å². The minimum atomic E-state index is -0.648. The van der Waals surface area contributed by atoms with Crippen LogP contribution in [0.1, 0.15) is 56.3 Å². The highest BCUT2D eigenvalue weighted by molar-refractivity contribution is 5.29. The molecule has 0 spiro atoms. The lowest BCUT2D eigenvalue weighted by Crippen LogP contribution is -2.38. The van der Waals surface area contributed by atoms with E-state index in [2.05, 4.69) is 10.3 Å². The van der Waals surface area contributed by atoms with Crippen molar-refractivity contribution >= 4 is 0 Å². The minimum absolute atomic E-state index is 0.383. The molecule has 1 aromatic rings. The highest BCUT2D eigenvalue weighted by atomic mass is 16.5. The summed E-state index contributed by atoms with van der Waals surface area (Å²) in [7, 11) is 0. The number of aliphatic hydroxyl groups is 1. The molecule has 0 saturated heterocycles. The highest BCUT2D eigenvalue weighted by Crippen LogP contribution is 2.29. The Labute approximate surface area is 126 Å². The van der Waals surface area contributed by atoms with Gasteiger partial charge in [0, 0.05) is 18.3 Å². The lowest BCUT2D eigenvalue weighted by Gasteiger charge is -2.31. The van der Waals surface area contributed by atoms with Gasteiger partial charge in [0.05, 0.1) is 11.3 Å². The summed E-state index contributed by atoms with van der Waals surface area (Å²) >= 11 is 0. The Kier molecular flexibility index (Phi) is 4.45. The zero-order valence-electron chi connectivity index (χ0n) is 12.9. The van der Waals surface area contributed by atoms with Gasteiger partial charge in [-0.05, 0) is 44.7 Å². The number of hydrogen-bond donors (Lipinski definition) is 2. The van der Waals surface area contributed by atoms with E-state index < -0.39 is 5.60 Å². The standard InChI is InChI=1S/C17H26N2O2/c1-13-5-8-16(15(19-13)11-18-14-6-7-14)21-12-17(20)9-3-2-4-10-17/h5,8,14,18,20H,2-4,6-7,9-12H2,1H3. The Bertz CT molecular complexity index is 480. The minimum Gasteiger partial charge on any atom is -0.489 e. The topological polar surface area (TPSA) is 54.4 Å². The second-order valence-electron chi connectivity index (χ2n) is 6.63. The summed E-state index contributed by atoms with van der Waals surface area (Å²) in [4.78, 5) is 4.59. The lowest BCUT2D eigenvalue weighted by molar-refractivity contribution is -0.0342. The van der Waals surface area contributed by atoms with Crippen molar-refractivity contribution in [3.63, 3.8) is 0 Å². The number of ether oxygens (including phenoxy) is 1. The SMILES string of the molecule is Cc1ccc(OCC2(O)CCCCC2)c(CNC2CC2)n1. The first kappa shape index (κ1) is 14.8. The number of nitrogens with zero attached hydrogens (tertiary/aromatic N) is 1. The first-order chi connectivity index (χ1) is 10.1. The normalized spacial score (nSPS) is 21.2. The fraction of sp³-hybridized carbons (Fsp3) is 0.706. The average molecular weight is 290 g/mol. The number of pyridine rings is 1. The molecule has 2 saturated carbocycles. The van der Waals surface area contributed by atoms with Crippen LogP contribution < -0.4 is 10.1 Å². The van der Waals surface area contributed by atoms with Crippen LogP contribution in [0.4, 0.5) is 0 Å². The Morgan fingerprint density at radius 1 is 1.29 bits per heavy atom. The van der Waals surface area contributed by atoms with Crippen LogP contribution in [0.25, 0.3) is 0 Å². The molecule has 0 amide bonds. The van der Waals surface area contributed by atoms with E-state index in [0.717, 1.165) is 49.4 Å². The predicted octanol–water partition coefficient (Wildman–Crippen LogP) is 2.72. The maximum atomic E-state index is 10.5. The molecule has 2 N–H and O–H groups in total. The molecule has 4 nitrogen and oxygen atoms in total. The highest BCUT2D eigenvalue weighted by Gasteiger charge is 2.30. The second-order valence-corrected chi connectivity index (χ2v) is 6.63. The van der Waals surface area contributed by atoms with Crippen molar-refractivity contribution < 1.29 is 9.84 Å². The van der Waals surface area contributed by atoms with Gasteiger partial charge in [0.2, 0.25) is 0 Å². The maximum absolute atomic E-state index is 10.5. The number of rotatable bonds is 6. The van der Waals surface area contributed by atoms with Gasteiger partial charge in [-0.3, -0.25) is 4.98 Å². The van der Waals surface area contributed by atoms with Crippen LogP contribution in [0, 0.1) is 6.92 Å². The van der Waals surface area contributed by atoms with E-state index >= 15 is 0 Å². The Balaban J connectivity index is 1.62. The molecule has 0 atom stereocenters. The largest absolute Gasteiger partial charge is 0.489 e. The maximum Gasteiger partial charge on any atom is 0.142 e. The van der Waals surface area contributed by atoms with Crippen LogP contribution >= 0.6 is 0 Å². The molecular weight excluding hydrogens is 264 g/mol. The van der Waals surface area contributed by atoms with Crippen LogP contribution in [-0.4, -0.2) is 28.3 Å². The van der Waals surface area contributed by atoms with Gasteiger partial charge < -0.3 is 15.2 Å². The third-order valence-electron chi connectivity index (χ3n) is 4.49. The summed E-state index contributed by atoms with van der Waals surface area (Å²) in [5, 5.41) is 14.0. The van der Waals surface area contributed by atoms with Gasteiger partial charge in [-0.2, -0.15) is 0 Å². The van der Waals surface area contributed by atoms with Crippen molar-refractivity contribution in [1.29, 1.82) is 0 Å². The van der Waals surface area contributed by atoms with Crippen LogP contribution in [0.2, 0.25) is 0 Å². The van der Waals surface area contributed by atoms with E-state index in [1.54, 1.807) is 0 Å². The van der Waals surface area contributed by atoms with E-state index in [0.29, 0.717) is 12.6 Å². The zero-order valence-corrected chi connectivity index (χ0v) is 12.9. The van der Waals surface area contributed by atoms with E-state index in [-0.39, 0.29) is 0 Å². The summed E-state index contributed by atoms with van der Waals surface area (Å²) < 4.78 is 5.93. The molecule has 0 unspecified atom stereocenters. The molecule has 1 aromatic heterocycles. The summed E-state index contributed by atoms with van der Waals surface area (Å²) in [6.07, 6.45) is 7.66. The van der Waals surface area contributed by atoms with E-state index in [1.165, 1.54) is 19.3 Å². The van der Waals surface area contributed by atoms with Crippen LogP contribution in [0.3, 0.4) is 0 Å². The number of aryl methyl sites for hydroxylation is 1. The first-order valence-electron chi connectivity index (χ1n) is 8.20. The van der Waals surface area contributed by atoms with Gasteiger partial charge in [-0.1, -0.05) is 19.3 Å². The van der Waals surface area contributed by atoms with Gasteiger partial charge in [0.25, 0.3) is 0 Å². The molecule has 1 heterocycles. The predicted molar refractivity (Wildman–Crippen MR) is 82.4 cm³/mol. The molecule has 2 aliphatic rings. The smallest absolute Gasteiger partial charge is 0.142 e. The van der Waals surface area contributed by atoms with E-state index in [1.807, 2.05) is 19.1 Å². The molecule has 0 radical (unpaired) electrons. The summed E-state index contributed by atoms with van der Waals surface area (Å²) in [5.41, 5.74) is 1.32. The van der Waals surface area contributed by atoms with Gasteiger partial charge in [-0.25, -0.2) is 0 Å². The number of nitrogens with one attached hydrogen (secondary N) is 1. The molecule has 3 rings (SSSR count). The molecule has 0 aromatic carbocycles. The summed E-state index contributed by atoms with van der Waals surface area (Å²) in [6, 6.07) is 4.61. The van der Waals surface area contributed by atoms with Gasteiger partial charge in [0.1, 0.15) is 12.4 Å². The molecule has 0 aliphatic heterocycles. The fourth-order valence-electron chi connectivity index (χ4n) is 2.95. The van der Waals surface area contributed by atoms with Crippen molar-refractivity contribution in [2.45, 2.75) is 70.1 Å². The molecule has 2 fully saturated rings. The number of aromatic nitrogens is 1. The van der Waals surface area contributed by atoms with Gasteiger partial charge >= 0.3 is 0 Å². The zero-order chi connectivity index (χ0) is 14.7. The molecule has 21 heavy (non-hydrogen) atoms. The second kappa shape index (κ2) is 6.32. The third kappa shape index (κ3) is 4.17. The van der Waals surface area contributed by atoms with E-state index in [4.69, 9.17) is 4.74 Å². The average Bonchev–Trinajstić information content (AvgIpc) is 3.29. The third-order valence-corrected chi connectivity index (χ3v) is 4.49. The van der Waals surface area contributed by atoms with E-state index in [9.17, 15) is 5.11 Å². The molecule has 4 heteroatoms. The number of hydrogen-bond acceptors (Lipinski definition) is 4. The molecule has 116 valence electrons. The van der Waals surface area contributed by atoms with Crippen LogP contribution in [0.5, 0.6) is 5.75 Å². The van der Waals surface area contributed by atoms with Crippen molar-refractivity contribution in [1.82, 2.24) is 10.3 Å². The molecule has 0 bridgehead atoms. The Hall–Kier alpha value is -1.13. The monoisotopic (exact) mass is 290 g/mol. The summed E-state index contributed by atoms with van der Waals surface area (Å²) in [6.45, 7) is 3.13. The van der Waals surface area contributed by atoms with Crippen molar-refractivity contribution in [3.05, 3.63) is 23.5 Å². The Morgan fingerprint density at radius 2 is 2.05 bits per heavy atom. The first-order valence-corrected chi connectivity index (χ1v) is 8.20. The molecular formula is C17H26N2O2. The Morgan fingerprint density at radius 3 is 2.76 bits per heavy atom. The molecule has 2 aliphatic carbocycles. The van der Waals surface area contributed by atoms with Crippen molar-refractivity contribution in [2.75, 3.05) is 6.61 Å². The quantitative estimate of drug-likeness (QED) is 0.846. The van der Waals surface area contributed by atoms with Crippen molar-refractivity contribution in [2.24, 2.45) is 0 Å².